The Morgan fingerprint density at radius 2 is 1.07 bits per heavy atom. The zero-order chi connectivity index (χ0) is 29.1. The van der Waals surface area contributed by atoms with Crippen LogP contribution in [-0.2, 0) is 0 Å². The van der Waals surface area contributed by atoms with E-state index in [1.165, 1.54) is 82.2 Å². The van der Waals surface area contributed by atoms with Crippen LogP contribution < -0.4 is 0 Å². The number of imidazole rings is 2. The molecule has 0 saturated carbocycles. The lowest BCUT2D eigenvalue weighted by atomic mass is 9.90. The lowest BCUT2D eigenvalue weighted by molar-refractivity contribution is 1.22. The first-order chi connectivity index (χ1) is 21.6. The number of aromatic nitrogens is 3. The fourth-order valence-corrected chi connectivity index (χ4v) is 7.69. The van der Waals surface area contributed by atoms with Crippen LogP contribution in [0.4, 0.5) is 0 Å². The van der Waals surface area contributed by atoms with E-state index in [-0.39, 0.29) is 0 Å². The Labute approximate surface area is 253 Å². The van der Waals surface area contributed by atoms with Gasteiger partial charge in [-0.05, 0) is 105 Å². The van der Waals surface area contributed by atoms with Crippen molar-refractivity contribution in [3.63, 3.8) is 0 Å². The summed E-state index contributed by atoms with van der Waals surface area (Å²) in [5, 5.41) is 7.47. The lowest BCUT2D eigenvalue weighted by Gasteiger charge is -2.14. The van der Waals surface area contributed by atoms with Gasteiger partial charge in [-0.15, -0.1) is 0 Å². The summed E-state index contributed by atoms with van der Waals surface area (Å²) in [5.41, 5.74) is 13.4. The molecule has 0 aliphatic carbocycles. The maximum atomic E-state index is 5.29. The molecule has 0 aliphatic rings. The van der Waals surface area contributed by atoms with Crippen LogP contribution >= 0.6 is 0 Å². The first-order valence-corrected chi connectivity index (χ1v) is 15.2. The fourth-order valence-electron chi connectivity index (χ4n) is 7.69. The van der Waals surface area contributed by atoms with Crippen molar-refractivity contribution < 1.29 is 0 Å². The number of rotatable bonds is 2. The summed E-state index contributed by atoms with van der Waals surface area (Å²) in [5.74, 6) is 0.964. The van der Waals surface area contributed by atoms with Gasteiger partial charge in [-0.1, -0.05) is 91.0 Å². The second-order valence-corrected chi connectivity index (χ2v) is 12.2. The van der Waals surface area contributed by atoms with Crippen LogP contribution in [0.15, 0.2) is 127 Å². The summed E-state index contributed by atoms with van der Waals surface area (Å²) >= 11 is 0. The van der Waals surface area contributed by atoms with E-state index >= 15 is 0 Å². The Morgan fingerprint density at radius 1 is 0.455 bits per heavy atom. The van der Waals surface area contributed by atoms with Gasteiger partial charge in [0.2, 0.25) is 5.78 Å². The molecule has 0 aliphatic heterocycles. The number of nitrogens with zero attached hydrogens (tertiary/aromatic N) is 3. The van der Waals surface area contributed by atoms with Crippen molar-refractivity contribution in [2.75, 3.05) is 0 Å². The van der Waals surface area contributed by atoms with Gasteiger partial charge in [0.15, 0.2) is 0 Å². The van der Waals surface area contributed by atoms with Crippen LogP contribution in [0.25, 0.3) is 87.9 Å². The molecule has 44 heavy (non-hydrogen) atoms. The number of benzene rings is 7. The molecule has 10 aromatic rings. The number of fused-ring (bicyclic) bond motifs is 10. The van der Waals surface area contributed by atoms with Crippen molar-refractivity contribution in [2.45, 2.75) is 13.8 Å². The molecular weight excluding hydrogens is 534 g/mol. The van der Waals surface area contributed by atoms with Gasteiger partial charge in [-0.2, -0.15) is 0 Å². The Morgan fingerprint density at radius 3 is 1.77 bits per heavy atom. The van der Waals surface area contributed by atoms with E-state index in [1.54, 1.807) is 0 Å². The first kappa shape index (κ1) is 23.8. The van der Waals surface area contributed by atoms with Crippen LogP contribution in [-0.4, -0.2) is 13.8 Å². The van der Waals surface area contributed by atoms with Gasteiger partial charge in [-0.25, -0.2) is 4.98 Å². The predicted molar refractivity (Wildman–Crippen MR) is 185 cm³/mol. The van der Waals surface area contributed by atoms with E-state index in [1.807, 2.05) is 0 Å². The monoisotopic (exact) mass is 561 g/mol. The summed E-state index contributed by atoms with van der Waals surface area (Å²) in [6.07, 6.45) is 0. The maximum Gasteiger partial charge on any atom is 0.220 e. The molecule has 3 nitrogen and oxygen atoms in total. The molecule has 0 unspecified atom stereocenters. The molecule has 7 aromatic carbocycles. The van der Waals surface area contributed by atoms with E-state index in [0.29, 0.717) is 0 Å². The molecule has 206 valence electrons. The smallest absolute Gasteiger partial charge is 0.220 e. The molecular formula is C41H27N3. The molecule has 0 spiro atoms. The molecule has 10 rings (SSSR count). The Bertz CT molecular complexity index is 2760. The largest absolute Gasteiger partial charge is 0.277 e. The normalized spacial score (nSPS) is 12.3. The third-order valence-corrected chi connectivity index (χ3v) is 9.58. The fraction of sp³-hybridized carbons (Fsp3) is 0.0488. The van der Waals surface area contributed by atoms with E-state index in [4.69, 9.17) is 4.98 Å². The van der Waals surface area contributed by atoms with Crippen LogP contribution in [0, 0.1) is 13.8 Å². The molecule has 0 atom stereocenters. The van der Waals surface area contributed by atoms with E-state index in [9.17, 15) is 0 Å². The average Bonchev–Trinajstić information content (AvgIpc) is 3.67. The highest BCUT2D eigenvalue weighted by molar-refractivity contribution is 6.20. The van der Waals surface area contributed by atoms with Gasteiger partial charge in [0.05, 0.1) is 27.6 Å². The van der Waals surface area contributed by atoms with E-state index in [2.05, 4.69) is 150 Å². The zero-order valence-corrected chi connectivity index (χ0v) is 24.5. The van der Waals surface area contributed by atoms with Gasteiger partial charge in [0.1, 0.15) is 0 Å². The second kappa shape index (κ2) is 8.46. The van der Waals surface area contributed by atoms with Crippen LogP contribution in [0.5, 0.6) is 0 Å². The average molecular weight is 562 g/mol. The molecule has 3 aromatic heterocycles. The first-order valence-electron chi connectivity index (χ1n) is 15.2. The molecule has 3 heteroatoms. The van der Waals surface area contributed by atoms with Crippen molar-refractivity contribution in [3.8, 4) is 22.3 Å². The number of hydrogen-bond donors (Lipinski definition) is 0. The van der Waals surface area contributed by atoms with Gasteiger partial charge in [-0.3, -0.25) is 8.80 Å². The Hall–Kier alpha value is -5.67. The summed E-state index contributed by atoms with van der Waals surface area (Å²) < 4.78 is 4.77. The lowest BCUT2D eigenvalue weighted by Crippen LogP contribution is -1.92. The molecule has 0 fully saturated rings. The topological polar surface area (TPSA) is 21.7 Å². The molecule has 3 heterocycles. The standard InChI is InChI=1S/C41H27N3/c1-24-16-31(26-10-4-3-5-11-26)17-25(2)39(24)32-19-34-33-18-27-12-6-8-14-29(27)21-36(33)44-40(34)38(23-32)43-37-22-30-15-9-7-13-28(30)20-35(37)42-41(43)44/h3-23H,1-2H3. The summed E-state index contributed by atoms with van der Waals surface area (Å²) in [7, 11) is 0. The molecule has 0 radical (unpaired) electrons. The minimum atomic E-state index is 0.964. The SMILES string of the molecule is Cc1cc(-c2ccccc2)cc(C)c1-c1cc2c3cc4ccccc4cc3n3c2c(c1)n1c2cc4ccccc4cc2nc13. The van der Waals surface area contributed by atoms with Crippen molar-refractivity contribution >= 4 is 65.7 Å². The van der Waals surface area contributed by atoms with Crippen molar-refractivity contribution in [2.24, 2.45) is 0 Å². The quantitative estimate of drug-likeness (QED) is 0.206. The highest BCUT2D eigenvalue weighted by atomic mass is 15.2. The number of aryl methyl sites for hydroxylation is 2. The van der Waals surface area contributed by atoms with E-state index < -0.39 is 0 Å². The molecule has 0 bridgehead atoms. The van der Waals surface area contributed by atoms with Crippen molar-refractivity contribution in [1.29, 1.82) is 0 Å². The highest BCUT2D eigenvalue weighted by Gasteiger charge is 2.23. The summed E-state index contributed by atoms with van der Waals surface area (Å²) in [4.78, 5) is 5.29. The minimum absolute atomic E-state index is 0.964. The minimum Gasteiger partial charge on any atom is -0.277 e. The van der Waals surface area contributed by atoms with Gasteiger partial charge in [0.25, 0.3) is 0 Å². The third-order valence-electron chi connectivity index (χ3n) is 9.58. The van der Waals surface area contributed by atoms with Crippen LogP contribution in [0.2, 0.25) is 0 Å². The molecule has 0 saturated heterocycles. The second-order valence-electron chi connectivity index (χ2n) is 12.2. The van der Waals surface area contributed by atoms with Crippen molar-refractivity contribution in [3.05, 3.63) is 139 Å². The third kappa shape index (κ3) is 3.13. The highest BCUT2D eigenvalue weighted by Crippen LogP contribution is 2.42. The van der Waals surface area contributed by atoms with Gasteiger partial charge < -0.3 is 0 Å². The maximum absolute atomic E-state index is 5.29. The van der Waals surface area contributed by atoms with Crippen LogP contribution in [0.3, 0.4) is 0 Å². The molecule has 0 N–H and O–H groups in total. The predicted octanol–water partition coefficient (Wildman–Crippen LogP) is 10.7. The Kier molecular flexibility index (Phi) is 4.58. The van der Waals surface area contributed by atoms with Gasteiger partial charge >= 0.3 is 0 Å². The zero-order valence-electron chi connectivity index (χ0n) is 24.5. The Balaban J connectivity index is 1.36. The summed E-state index contributed by atoms with van der Waals surface area (Å²) in [6, 6.07) is 46.6. The van der Waals surface area contributed by atoms with Crippen molar-refractivity contribution in [1.82, 2.24) is 13.8 Å². The number of hydrogen-bond acceptors (Lipinski definition) is 1. The van der Waals surface area contributed by atoms with Gasteiger partial charge in [0, 0.05) is 10.8 Å². The van der Waals surface area contributed by atoms with Crippen LogP contribution in [0.1, 0.15) is 11.1 Å². The molecule has 0 amide bonds. The van der Waals surface area contributed by atoms with E-state index in [0.717, 1.165) is 16.8 Å². The summed E-state index contributed by atoms with van der Waals surface area (Å²) in [6.45, 7) is 4.50.